The summed E-state index contributed by atoms with van der Waals surface area (Å²) in [4.78, 5) is 19.7. The molecule has 1 heterocycles. The van der Waals surface area contributed by atoms with Crippen LogP contribution in [0.15, 0.2) is 12.4 Å². The van der Waals surface area contributed by atoms with E-state index < -0.39 is 0 Å². The average molecular weight is 233 g/mol. The second kappa shape index (κ2) is 6.43. The molecule has 1 rings (SSSR count). The summed E-state index contributed by atoms with van der Waals surface area (Å²) in [6, 6.07) is 1.89. The van der Waals surface area contributed by atoms with E-state index in [1.54, 1.807) is 7.05 Å². The van der Waals surface area contributed by atoms with Crippen LogP contribution in [-0.4, -0.2) is 29.0 Å². The number of nitrogens with one attached hydrogen (secondary N) is 2. The SMILES string of the molecule is CCC(CC#N)NC(=O)c1cnc(NC)cn1. The number of hydrogen-bond acceptors (Lipinski definition) is 5. The Balaban J connectivity index is 2.65. The molecule has 0 aromatic carbocycles. The van der Waals surface area contributed by atoms with E-state index in [0.717, 1.165) is 0 Å². The van der Waals surface area contributed by atoms with Gasteiger partial charge in [-0.3, -0.25) is 4.79 Å². The van der Waals surface area contributed by atoms with Crippen molar-refractivity contribution >= 4 is 11.7 Å². The number of nitrogens with zero attached hydrogens (tertiary/aromatic N) is 3. The first kappa shape index (κ1) is 12.9. The summed E-state index contributed by atoms with van der Waals surface area (Å²) in [5.74, 6) is 0.299. The Morgan fingerprint density at radius 2 is 2.29 bits per heavy atom. The number of carbonyl (C=O) groups is 1. The maximum absolute atomic E-state index is 11.7. The predicted molar refractivity (Wildman–Crippen MR) is 63.4 cm³/mol. The van der Waals surface area contributed by atoms with E-state index in [1.807, 2.05) is 13.0 Å². The molecule has 0 bridgehead atoms. The maximum Gasteiger partial charge on any atom is 0.271 e. The molecule has 0 aliphatic heterocycles. The van der Waals surface area contributed by atoms with Crippen LogP contribution in [0.1, 0.15) is 30.3 Å². The molecule has 17 heavy (non-hydrogen) atoms. The standard InChI is InChI=1S/C11H15N5O/c1-3-8(4-5-12)16-11(17)9-6-15-10(13-2)7-14-9/h6-8H,3-4H2,1-2H3,(H,13,15)(H,16,17). The molecule has 1 amide bonds. The van der Waals surface area contributed by atoms with Gasteiger partial charge in [0, 0.05) is 13.1 Å². The number of nitriles is 1. The van der Waals surface area contributed by atoms with Crippen molar-refractivity contribution in [2.45, 2.75) is 25.8 Å². The molecule has 6 nitrogen and oxygen atoms in total. The molecule has 0 saturated heterocycles. The lowest BCUT2D eigenvalue weighted by Gasteiger charge is -2.12. The first-order chi connectivity index (χ1) is 8.21. The number of aromatic nitrogens is 2. The molecule has 0 saturated carbocycles. The Labute approximate surface area is 100 Å². The average Bonchev–Trinajstić information content (AvgIpc) is 2.38. The van der Waals surface area contributed by atoms with Crippen LogP contribution >= 0.6 is 0 Å². The van der Waals surface area contributed by atoms with Crippen molar-refractivity contribution in [1.29, 1.82) is 5.26 Å². The van der Waals surface area contributed by atoms with Crippen LogP contribution in [0.4, 0.5) is 5.82 Å². The fourth-order valence-corrected chi connectivity index (χ4v) is 1.24. The zero-order valence-corrected chi connectivity index (χ0v) is 9.90. The van der Waals surface area contributed by atoms with Gasteiger partial charge in [-0.2, -0.15) is 5.26 Å². The van der Waals surface area contributed by atoms with Crippen LogP contribution in [0.5, 0.6) is 0 Å². The van der Waals surface area contributed by atoms with E-state index >= 15 is 0 Å². The number of anilines is 1. The summed E-state index contributed by atoms with van der Waals surface area (Å²) in [6.45, 7) is 1.91. The molecule has 0 fully saturated rings. The van der Waals surface area contributed by atoms with Crippen LogP contribution in [0.3, 0.4) is 0 Å². The summed E-state index contributed by atoms with van der Waals surface area (Å²) < 4.78 is 0. The minimum absolute atomic E-state index is 0.140. The van der Waals surface area contributed by atoms with Crippen LogP contribution in [0.2, 0.25) is 0 Å². The highest BCUT2D eigenvalue weighted by Gasteiger charge is 2.13. The number of amides is 1. The van der Waals surface area contributed by atoms with Crippen LogP contribution < -0.4 is 10.6 Å². The third kappa shape index (κ3) is 3.72. The summed E-state index contributed by atoms with van der Waals surface area (Å²) in [5, 5.41) is 14.1. The van der Waals surface area contributed by atoms with Crippen molar-refractivity contribution < 1.29 is 4.79 Å². The van der Waals surface area contributed by atoms with Gasteiger partial charge in [0.1, 0.15) is 11.5 Å². The van der Waals surface area contributed by atoms with Crippen LogP contribution in [0, 0.1) is 11.3 Å². The predicted octanol–water partition coefficient (Wildman–Crippen LogP) is 0.940. The lowest BCUT2D eigenvalue weighted by atomic mass is 10.1. The summed E-state index contributed by atoms with van der Waals surface area (Å²) in [7, 11) is 1.73. The third-order valence-electron chi connectivity index (χ3n) is 2.31. The number of carbonyl (C=O) groups excluding carboxylic acids is 1. The van der Waals surface area contributed by atoms with E-state index in [-0.39, 0.29) is 17.6 Å². The van der Waals surface area contributed by atoms with Gasteiger partial charge in [0.2, 0.25) is 0 Å². The van der Waals surface area contributed by atoms with Gasteiger partial charge in [-0.05, 0) is 6.42 Å². The summed E-state index contributed by atoms with van der Waals surface area (Å²) in [6.07, 6.45) is 3.89. The highest BCUT2D eigenvalue weighted by Crippen LogP contribution is 2.02. The zero-order valence-electron chi connectivity index (χ0n) is 9.90. The monoisotopic (exact) mass is 233 g/mol. The van der Waals surface area contributed by atoms with Gasteiger partial charge in [0.25, 0.3) is 5.91 Å². The molecule has 0 aliphatic rings. The minimum atomic E-state index is -0.303. The first-order valence-corrected chi connectivity index (χ1v) is 5.38. The van der Waals surface area contributed by atoms with Gasteiger partial charge in [0.05, 0.1) is 24.9 Å². The lowest BCUT2D eigenvalue weighted by Crippen LogP contribution is -2.34. The molecular weight excluding hydrogens is 218 g/mol. The van der Waals surface area contributed by atoms with Gasteiger partial charge in [-0.1, -0.05) is 6.92 Å². The van der Waals surface area contributed by atoms with Crippen molar-refractivity contribution in [3.8, 4) is 6.07 Å². The highest BCUT2D eigenvalue weighted by atomic mass is 16.1. The molecule has 0 spiro atoms. The summed E-state index contributed by atoms with van der Waals surface area (Å²) >= 11 is 0. The Bertz CT molecular complexity index is 409. The molecule has 1 unspecified atom stereocenters. The molecule has 1 atom stereocenters. The molecule has 6 heteroatoms. The van der Waals surface area contributed by atoms with Gasteiger partial charge in [0.15, 0.2) is 0 Å². The topological polar surface area (TPSA) is 90.7 Å². The molecule has 0 aliphatic carbocycles. The molecule has 1 aromatic heterocycles. The fraction of sp³-hybridized carbons (Fsp3) is 0.455. The largest absolute Gasteiger partial charge is 0.372 e. The molecule has 0 radical (unpaired) electrons. The summed E-state index contributed by atoms with van der Waals surface area (Å²) in [5.41, 5.74) is 0.250. The number of hydrogen-bond donors (Lipinski definition) is 2. The van der Waals surface area contributed by atoms with E-state index in [0.29, 0.717) is 18.7 Å². The van der Waals surface area contributed by atoms with Crippen molar-refractivity contribution in [2.75, 3.05) is 12.4 Å². The molecule has 90 valence electrons. The van der Waals surface area contributed by atoms with Crippen molar-refractivity contribution in [1.82, 2.24) is 15.3 Å². The Morgan fingerprint density at radius 3 is 2.76 bits per heavy atom. The van der Waals surface area contributed by atoms with Crippen molar-refractivity contribution in [2.24, 2.45) is 0 Å². The van der Waals surface area contributed by atoms with Crippen LogP contribution in [-0.2, 0) is 0 Å². The quantitative estimate of drug-likeness (QED) is 0.789. The Morgan fingerprint density at radius 1 is 1.53 bits per heavy atom. The van der Waals surface area contributed by atoms with E-state index in [1.165, 1.54) is 12.4 Å². The van der Waals surface area contributed by atoms with Crippen LogP contribution in [0.25, 0.3) is 0 Å². The zero-order chi connectivity index (χ0) is 12.7. The Hall–Kier alpha value is -2.16. The Kier molecular flexibility index (Phi) is 4.88. The first-order valence-electron chi connectivity index (χ1n) is 5.38. The second-order valence-electron chi connectivity index (χ2n) is 3.48. The molecular formula is C11H15N5O. The van der Waals surface area contributed by atoms with E-state index in [4.69, 9.17) is 5.26 Å². The second-order valence-corrected chi connectivity index (χ2v) is 3.48. The minimum Gasteiger partial charge on any atom is -0.372 e. The van der Waals surface area contributed by atoms with E-state index in [2.05, 4.69) is 20.6 Å². The van der Waals surface area contributed by atoms with Crippen molar-refractivity contribution in [3.05, 3.63) is 18.1 Å². The van der Waals surface area contributed by atoms with E-state index in [9.17, 15) is 4.79 Å². The van der Waals surface area contributed by atoms with Gasteiger partial charge in [-0.25, -0.2) is 9.97 Å². The fourth-order valence-electron chi connectivity index (χ4n) is 1.24. The van der Waals surface area contributed by atoms with Gasteiger partial charge >= 0.3 is 0 Å². The van der Waals surface area contributed by atoms with Crippen molar-refractivity contribution in [3.63, 3.8) is 0 Å². The maximum atomic E-state index is 11.7. The smallest absolute Gasteiger partial charge is 0.271 e. The normalized spacial score (nSPS) is 11.4. The highest BCUT2D eigenvalue weighted by molar-refractivity contribution is 5.92. The lowest BCUT2D eigenvalue weighted by molar-refractivity contribution is 0.0931. The number of rotatable bonds is 5. The molecule has 1 aromatic rings. The van der Waals surface area contributed by atoms with Gasteiger partial charge in [-0.15, -0.1) is 0 Å². The molecule has 2 N–H and O–H groups in total. The van der Waals surface area contributed by atoms with Gasteiger partial charge < -0.3 is 10.6 Å². The third-order valence-corrected chi connectivity index (χ3v) is 2.31.